The largest absolute Gasteiger partial charge is 0.507 e. The van der Waals surface area contributed by atoms with Crippen molar-refractivity contribution < 1.29 is 5.11 Å². The summed E-state index contributed by atoms with van der Waals surface area (Å²) in [5, 5.41) is 9.96. The van der Waals surface area contributed by atoms with Crippen LogP contribution in [0.5, 0.6) is 5.75 Å². The van der Waals surface area contributed by atoms with Gasteiger partial charge in [-0.05, 0) is 35.1 Å². The Balaban J connectivity index is 2.54. The predicted octanol–water partition coefficient (Wildman–Crippen LogP) is 4.97. The Morgan fingerprint density at radius 2 is 1.50 bits per heavy atom. The molecule has 0 heterocycles. The number of para-hydroxylation sites is 1. The van der Waals surface area contributed by atoms with E-state index in [1.807, 2.05) is 0 Å². The summed E-state index contributed by atoms with van der Waals surface area (Å²) in [6.45, 7) is 8.64. The molecule has 0 amide bonds. The number of rotatable bonds is 4. The van der Waals surface area contributed by atoms with Gasteiger partial charge >= 0.3 is 0 Å². The van der Waals surface area contributed by atoms with Gasteiger partial charge in [-0.25, -0.2) is 0 Å². The quantitative estimate of drug-likeness (QED) is 0.618. The number of anilines is 1. The highest BCUT2D eigenvalue weighted by Crippen LogP contribution is 2.35. The van der Waals surface area contributed by atoms with E-state index >= 15 is 0 Å². The van der Waals surface area contributed by atoms with Crippen LogP contribution in [0.1, 0.15) is 56.2 Å². The summed E-state index contributed by atoms with van der Waals surface area (Å²) in [5.74, 6) is 0.914. The molecule has 3 heteroatoms. The minimum atomic E-state index is 0.150. The van der Waals surface area contributed by atoms with Crippen LogP contribution < -0.4 is 5.73 Å². The predicted molar refractivity (Wildman–Crippen MR) is 94.4 cm³/mol. The van der Waals surface area contributed by atoms with Crippen LogP contribution in [0, 0.1) is 0 Å². The lowest BCUT2D eigenvalue weighted by Crippen LogP contribution is -1.97. The van der Waals surface area contributed by atoms with Crippen LogP contribution >= 0.6 is 0 Å². The maximum atomic E-state index is 9.96. The Morgan fingerprint density at radius 3 is 2.00 bits per heavy atom. The highest BCUT2D eigenvalue weighted by molar-refractivity contribution is 5.92. The molecule has 0 saturated heterocycles. The molecule has 0 aliphatic heterocycles. The van der Waals surface area contributed by atoms with Crippen LogP contribution in [0.25, 0.3) is 0 Å². The Labute approximate surface area is 132 Å². The molecule has 0 aliphatic carbocycles. The maximum Gasteiger partial charge on any atom is 0.126 e. The minimum Gasteiger partial charge on any atom is -0.507 e. The fraction of sp³-hybridized carbons (Fsp3) is 0.316. The van der Waals surface area contributed by atoms with Gasteiger partial charge in [-0.1, -0.05) is 52.0 Å². The van der Waals surface area contributed by atoms with Gasteiger partial charge in [0, 0.05) is 11.9 Å². The number of nitrogens with zero attached hydrogens (tertiary/aromatic N) is 1. The fourth-order valence-electron chi connectivity index (χ4n) is 2.50. The zero-order chi connectivity index (χ0) is 16.3. The van der Waals surface area contributed by atoms with Crippen molar-refractivity contribution >= 4 is 17.6 Å². The molecule has 22 heavy (non-hydrogen) atoms. The first-order valence-electron chi connectivity index (χ1n) is 7.66. The molecule has 0 fully saturated rings. The number of hydrogen-bond acceptors (Lipinski definition) is 3. The number of phenols is 1. The molecule has 0 aromatic heterocycles. The SMILES string of the molecule is CC(C)c1cccc(C(C)C)c1N=Cc1c(N)cccc1O. The average Bonchev–Trinajstić information content (AvgIpc) is 2.46. The molecular weight excluding hydrogens is 272 g/mol. The van der Waals surface area contributed by atoms with E-state index in [0.29, 0.717) is 23.1 Å². The summed E-state index contributed by atoms with van der Waals surface area (Å²) in [7, 11) is 0. The lowest BCUT2D eigenvalue weighted by molar-refractivity contribution is 0.475. The molecule has 2 aromatic carbocycles. The Kier molecular flexibility index (Phi) is 4.86. The number of phenolic OH excluding ortho intramolecular Hbond substituents is 1. The van der Waals surface area contributed by atoms with Crippen LogP contribution in [-0.2, 0) is 0 Å². The number of aromatic hydroxyl groups is 1. The van der Waals surface area contributed by atoms with Crippen molar-refractivity contribution in [2.45, 2.75) is 39.5 Å². The first-order chi connectivity index (χ1) is 10.4. The van der Waals surface area contributed by atoms with E-state index in [1.54, 1.807) is 24.4 Å². The third kappa shape index (κ3) is 3.30. The lowest BCUT2D eigenvalue weighted by atomic mass is 9.93. The molecule has 0 spiro atoms. The second-order valence-corrected chi connectivity index (χ2v) is 6.13. The van der Waals surface area contributed by atoms with Crippen LogP contribution in [0.3, 0.4) is 0 Å². The highest BCUT2D eigenvalue weighted by Gasteiger charge is 2.13. The zero-order valence-electron chi connectivity index (χ0n) is 13.7. The Morgan fingerprint density at radius 1 is 0.955 bits per heavy atom. The van der Waals surface area contributed by atoms with Gasteiger partial charge in [-0.15, -0.1) is 0 Å². The van der Waals surface area contributed by atoms with Crippen LogP contribution in [0.2, 0.25) is 0 Å². The highest BCUT2D eigenvalue weighted by atomic mass is 16.3. The maximum absolute atomic E-state index is 9.96. The van der Waals surface area contributed by atoms with Crippen molar-refractivity contribution in [3.05, 3.63) is 53.1 Å². The number of nitrogen functional groups attached to an aromatic ring is 1. The second-order valence-electron chi connectivity index (χ2n) is 6.13. The summed E-state index contributed by atoms with van der Waals surface area (Å²) in [5.41, 5.74) is 10.4. The average molecular weight is 296 g/mol. The molecular formula is C19H24N2O. The number of nitrogens with two attached hydrogens (primary N) is 1. The topological polar surface area (TPSA) is 58.6 Å². The summed E-state index contributed by atoms with van der Waals surface area (Å²) < 4.78 is 0. The van der Waals surface area contributed by atoms with E-state index in [9.17, 15) is 5.11 Å². The third-order valence-electron chi connectivity index (χ3n) is 3.78. The Hall–Kier alpha value is -2.29. The molecule has 3 nitrogen and oxygen atoms in total. The normalized spacial score (nSPS) is 11.7. The molecule has 3 N–H and O–H groups in total. The van der Waals surface area contributed by atoms with E-state index in [-0.39, 0.29) is 5.75 Å². The van der Waals surface area contributed by atoms with Crippen molar-refractivity contribution in [1.82, 2.24) is 0 Å². The van der Waals surface area contributed by atoms with Gasteiger partial charge < -0.3 is 10.8 Å². The van der Waals surface area contributed by atoms with E-state index in [4.69, 9.17) is 5.73 Å². The first-order valence-corrected chi connectivity index (χ1v) is 7.66. The third-order valence-corrected chi connectivity index (χ3v) is 3.78. The molecule has 2 aromatic rings. The molecule has 116 valence electrons. The molecule has 0 atom stereocenters. The fourth-order valence-corrected chi connectivity index (χ4v) is 2.50. The first kappa shape index (κ1) is 16.1. The molecule has 0 bridgehead atoms. The van der Waals surface area contributed by atoms with Gasteiger partial charge in [-0.2, -0.15) is 0 Å². The standard InChI is InChI=1S/C19H24N2O/c1-12(2)14-7-5-8-15(13(3)4)19(14)21-11-16-17(20)9-6-10-18(16)22/h5-13,22H,20H2,1-4H3. The monoisotopic (exact) mass is 296 g/mol. The van der Waals surface area contributed by atoms with E-state index < -0.39 is 0 Å². The van der Waals surface area contributed by atoms with E-state index in [2.05, 4.69) is 50.9 Å². The van der Waals surface area contributed by atoms with Crippen LogP contribution in [-0.4, -0.2) is 11.3 Å². The van der Waals surface area contributed by atoms with E-state index in [0.717, 1.165) is 5.69 Å². The van der Waals surface area contributed by atoms with Crippen molar-refractivity contribution in [3.8, 4) is 5.75 Å². The molecule has 0 radical (unpaired) electrons. The molecule has 0 saturated carbocycles. The van der Waals surface area contributed by atoms with Gasteiger partial charge in [-0.3, -0.25) is 4.99 Å². The minimum absolute atomic E-state index is 0.150. The number of aliphatic imine (C=N–C) groups is 1. The van der Waals surface area contributed by atoms with Gasteiger partial charge in [0.15, 0.2) is 0 Å². The number of benzene rings is 2. The summed E-state index contributed by atoms with van der Waals surface area (Å²) in [6, 6.07) is 11.4. The smallest absolute Gasteiger partial charge is 0.126 e. The summed E-state index contributed by atoms with van der Waals surface area (Å²) >= 11 is 0. The van der Waals surface area contributed by atoms with Crippen LogP contribution in [0.15, 0.2) is 41.4 Å². The Bertz CT molecular complexity index is 641. The summed E-state index contributed by atoms with van der Waals surface area (Å²) in [6.07, 6.45) is 1.66. The molecule has 0 aliphatic rings. The van der Waals surface area contributed by atoms with Crippen LogP contribution in [0.4, 0.5) is 11.4 Å². The molecule has 2 rings (SSSR count). The van der Waals surface area contributed by atoms with Gasteiger partial charge in [0.25, 0.3) is 0 Å². The lowest BCUT2D eigenvalue weighted by Gasteiger charge is -2.16. The molecule has 0 unspecified atom stereocenters. The second kappa shape index (κ2) is 6.65. The van der Waals surface area contributed by atoms with Gasteiger partial charge in [0.2, 0.25) is 0 Å². The van der Waals surface area contributed by atoms with Gasteiger partial charge in [0.1, 0.15) is 5.75 Å². The number of hydrogen-bond donors (Lipinski definition) is 2. The van der Waals surface area contributed by atoms with Crippen molar-refractivity contribution in [1.29, 1.82) is 0 Å². The summed E-state index contributed by atoms with van der Waals surface area (Å²) in [4.78, 5) is 4.68. The van der Waals surface area contributed by atoms with E-state index in [1.165, 1.54) is 11.1 Å². The zero-order valence-corrected chi connectivity index (χ0v) is 13.7. The van der Waals surface area contributed by atoms with Gasteiger partial charge in [0.05, 0.1) is 11.3 Å². The van der Waals surface area contributed by atoms with Crippen molar-refractivity contribution in [2.24, 2.45) is 4.99 Å². The van der Waals surface area contributed by atoms with Crippen molar-refractivity contribution in [2.75, 3.05) is 5.73 Å². The van der Waals surface area contributed by atoms with Crippen molar-refractivity contribution in [3.63, 3.8) is 0 Å².